The number of carbonyl (C=O) groups is 2. The molecule has 0 aliphatic heterocycles. The summed E-state index contributed by atoms with van der Waals surface area (Å²) in [5, 5.41) is 7.48. The summed E-state index contributed by atoms with van der Waals surface area (Å²) >= 11 is 0. The molecule has 9 nitrogen and oxygen atoms in total. The van der Waals surface area contributed by atoms with Gasteiger partial charge in [-0.15, -0.1) is 0 Å². The zero-order chi connectivity index (χ0) is 25.8. The number of nitrogens with one attached hydrogen (secondary N) is 3. The second-order valence-corrected chi connectivity index (χ2v) is 8.07. The van der Waals surface area contributed by atoms with E-state index in [9.17, 15) is 9.59 Å². The van der Waals surface area contributed by atoms with Crippen LogP contribution in [-0.4, -0.2) is 41.2 Å². The van der Waals surface area contributed by atoms with Crippen molar-refractivity contribution in [2.75, 3.05) is 14.2 Å². The Labute approximate surface area is 212 Å². The molecule has 2 heterocycles. The van der Waals surface area contributed by atoms with Crippen molar-refractivity contribution in [2.45, 2.75) is 0 Å². The van der Waals surface area contributed by atoms with E-state index in [0.717, 1.165) is 11.1 Å². The first-order valence-electron chi connectivity index (χ1n) is 11.4. The molecule has 5 rings (SSSR count). The molecule has 37 heavy (non-hydrogen) atoms. The number of hydrogen-bond acceptors (Lipinski definition) is 6. The van der Waals surface area contributed by atoms with Crippen molar-refractivity contribution in [1.82, 2.24) is 26.0 Å². The predicted octanol–water partition coefficient (Wildman–Crippen LogP) is 4.38. The molecule has 0 aliphatic rings. The minimum Gasteiger partial charge on any atom is -0.493 e. The Morgan fingerprint density at radius 3 is 2.22 bits per heavy atom. The summed E-state index contributed by atoms with van der Waals surface area (Å²) in [5.74, 6) is 0.141. The zero-order valence-corrected chi connectivity index (χ0v) is 20.1. The predicted molar refractivity (Wildman–Crippen MR) is 139 cm³/mol. The number of H-pyrrole nitrogens is 1. The number of benzene rings is 3. The van der Waals surface area contributed by atoms with Crippen molar-refractivity contribution in [2.24, 2.45) is 0 Å². The Balaban J connectivity index is 1.43. The van der Waals surface area contributed by atoms with Crippen molar-refractivity contribution >= 4 is 22.7 Å². The van der Waals surface area contributed by atoms with E-state index in [1.807, 2.05) is 54.6 Å². The van der Waals surface area contributed by atoms with Gasteiger partial charge in [0.15, 0.2) is 11.5 Å². The summed E-state index contributed by atoms with van der Waals surface area (Å²) in [4.78, 5) is 30.9. The maximum Gasteiger partial charge on any atom is 0.273 e. The Morgan fingerprint density at radius 1 is 0.757 bits per heavy atom. The highest BCUT2D eigenvalue weighted by Crippen LogP contribution is 2.33. The highest BCUT2D eigenvalue weighted by Gasteiger charge is 2.19. The number of para-hydroxylation sites is 1. The fourth-order valence-corrected chi connectivity index (χ4v) is 4.04. The number of methoxy groups -OCH3 is 2. The molecule has 9 heteroatoms. The Hall–Kier alpha value is -5.18. The number of ether oxygens (including phenoxy) is 2. The molecule has 184 valence electrons. The minimum absolute atomic E-state index is 0.303. The van der Waals surface area contributed by atoms with Gasteiger partial charge in [0.2, 0.25) is 0 Å². The van der Waals surface area contributed by atoms with Crippen LogP contribution >= 0.6 is 0 Å². The summed E-state index contributed by atoms with van der Waals surface area (Å²) in [7, 11) is 3.12. The van der Waals surface area contributed by atoms with E-state index in [-0.39, 0.29) is 0 Å². The Bertz CT molecular complexity index is 1600. The van der Waals surface area contributed by atoms with Gasteiger partial charge in [0.25, 0.3) is 11.8 Å². The molecule has 0 saturated heterocycles. The average molecular weight is 494 g/mol. The minimum atomic E-state index is -0.501. The van der Waals surface area contributed by atoms with E-state index in [4.69, 9.17) is 14.5 Å². The van der Waals surface area contributed by atoms with E-state index < -0.39 is 11.8 Å². The Kier molecular flexibility index (Phi) is 6.50. The molecule has 3 N–H and O–H groups in total. The molecular formula is C28H23N5O4. The van der Waals surface area contributed by atoms with Crippen molar-refractivity contribution in [3.05, 3.63) is 96.2 Å². The molecule has 2 amide bonds. The lowest BCUT2D eigenvalue weighted by atomic mass is 10.0. The van der Waals surface area contributed by atoms with Gasteiger partial charge in [-0.3, -0.25) is 25.5 Å². The number of pyridine rings is 1. The second kappa shape index (κ2) is 10.2. The second-order valence-electron chi connectivity index (χ2n) is 8.07. The van der Waals surface area contributed by atoms with E-state index in [0.29, 0.717) is 44.9 Å². The highest BCUT2D eigenvalue weighted by molar-refractivity contribution is 6.08. The molecule has 0 bridgehead atoms. The standard InChI is InChI=1S/C28H23N5O4/c1-36-24-13-12-18(14-25(24)37-2)23-15-20(19-10-6-7-11-22(19)30-23)27(34)32-33-28(35)21-16-29-31-26(21)17-8-4-3-5-9-17/h3-16H,1-2H3,(H,29,31)(H,32,34)(H,33,35). The molecular weight excluding hydrogens is 470 g/mol. The first-order chi connectivity index (χ1) is 18.1. The monoisotopic (exact) mass is 493 g/mol. The van der Waals surface area contributed by atoms with Crippen LogP contribution in [0.4, 0.5) is 0 Å². The molecule has 0 saturated carbocycles. The highest BCUT2D eigenvalue weighted by atomic mass is 16.5. The first kappa shape index (κ1) is 23.6. The van der Waals surface area contributed by atoms with Crippen molar-refractivity contribution < 1.29 is 19.1 Å². The fourth-order valence-electron chi connectivity index (χ4n) is 4.04. The maximum atomic E-state index is 13.3. The summed E-state index contributed by atoms with van der Waals surface area (Å²) in [6.45, 7) is 0. The maximum absolute atomic E-state index is 13.3. The number of rotatable bonds is 6. The molecule has 5 aromatic rings. The molecule has 0 fully saturated rings. The van der Waals surface area contributed by atoms with Crippen LogP contribution in [0.3, 0.4) is 0 Å². The quantitative estimate of drug-likeness (QED) is 0.302. The van der Waals surface area contributed by atoms with Gasteiger partial charge in [-0.2, -0.15) is 5.10 Å². The number of carbonyl (C=O) groups excluding carboxylic acids is 2. The van der Waals surface area contributed by atoms with Crippen LogP contribution in [0.1, 0.15) is 20.7 Å². The molecule has 0 atom stereocenters. The van der Waals surface area contributed by atoms with E-state index >= 15 is 0 Å². The number of fused-ring (bicyclic) bond motifs is 1. The first-order valence-corrected chi connectivity index (χ1v) is 11.4. The molecule has 0 spiro atoms. The molecule has 0 unspecified atom stereocenters. The van der Waals surface area contributed by atoms with E-state index in [1.165, 1.54) is 6.20 Å². The van der Waals surface area contributed by atoms with Crippen molar-refractivity contribution in [3.63, 3.8) is 0 Å². The van der Waals surface area contributed by atoms with Gasteiger partial charge < -0.3 is 9.47 Å². The van der Waals surface area contributed by atoms with Crippen LogP contribution in [0.15, 0.2) is 85.1 Å². The third kappa shape index (κ3) is 4.70. The smallest absolute Gasteiger partial charge is 0.273 e. The van der Waals surface area contributed by atoms with Crippen LogP contribution in [0.5, 0.6) is 11.5 Å². The number of hydrogen-bond donors (Lipinski definition) is 3. The molecule has 0 radical (unpaired) electrons. The van der Waals surface area contributed by atoms with E-state index in [2.05, 4.69) is 21.0 Å². The van der Waals surface area contributed by atoms with Crippen molar-refractivity contribution in [3.8, 4) is 34.0 Å². The summed E-state index contributed by atoms with van der Waals surface area (Å²) in [6, 6.07) is 23.7. The van der Waals surface area contributed by atoms with Gasteiger partial charge in [-0.25, -0.2) is 4.98 Å². The van der Waals surface area contributed by atoms with Gasteiger partial charge in [0.1, 0.15) is 0 Å². The fraction of sp³-hybridized carbons (Fsp3) is 0.0714. The van der Waals surface area contributed by atoms with E-state index in [1.54, 1.807) is 38.5 Å². The average Bonchev–Trinajstić information content (AvgIpc) is 3.45. The van der Waals surface area contributed by atoms with Gasteiger partial charge in [-0.1, -0.05) is 48.5 Å². The van der Waals surface area contributed by atoms with Crippen LogP contribution in [0, 0.1) is 0 Å². The topological polar surface area (TPSA) is 118 Å². The third-order valence-electron chi connectivity index (χ3n) is 5.88. The van der Waals surface area contributed by atoms with Crippen LogP contribution in [-0.2, 0) is 0 Å². The Morgan fingerprint density at radius 2 is 1.46 bits per heavy atom. The molecule has 3 aromatic carbocycles. The summed E-state index contributed by atoms with van der Waals surface area (Å²) in [6.07, 6.45) is 1.42. The SMILES string of the molecule is COc1ccc(-c2cc(C(=O)NNC(=O)c3cn[nH]c3-c3ccccc3)c3ccccc3n2)cc1OC. The number of hydrazine groups is 1. The lowest BCUT2D eigenvalue weighted by Crippen LogP contribution is -2.41. The molecule has 2 aromatic heterocycles. The van der Waals surface area contributed by atoms with Crippen LogP contribution in [0.2, 0.25) is 0 Å². The third-order valence-corrected chi connectivity index (χ3v) is 5.88. The lowest BCUT2D eigenvalue weighted by Gasteiger charge is -2.13. The lowest BCUT2D eigenvalue weighted by molar-refractivity contribution is 0.0848. The van der Waals surface area contributed by atoms with Gasteiger partial charge in [-0.05, 0) is 30.3 Å². The normalized spacial score (nSPS) is 10.6. The van der Waals surface area contributed by atoms with Gasteiger partial charge >= 0.3 is 0 Å². The number of aromatic amines is 1. The van der Waals surface area contributed by atoms with Crippen molar-refractivity contribution in [1.29, 1.82) is 0 Å². The number of amides is 2. The summed E-state index contributed by atoms with van der Waals surface area (Å²) in [5.41, 5.74) is 8.97. The largest absolute Gasteiger partial charge is 0.493 e. The molecule has 0 aliphatic carbocycles. The number of nitrogens with zero attached hydrogens (tertiary/aromatic N) is 2. The van der Waals surface area contributed by atoms with Gasteiger partial charge in [0, 0.05) is 16.5 Å². The number of aromatic nitrogens is 3. The van der Waals surface area contributed by atoms with Gasteiger partial charge in [0.05, 0.1) is 48.4 Å². The van der Waals surface area contributed by atoms with Crippen LogP contribution in [0.25, 0.3) is 33.4 Å². The zero-order valence-electron chi connectivity index (χ0n) is 20.1. The van der Waals surface area contributed by atoms with Crippen LogP contribution < -0.4 is 20.3 Å². The summed E-state index contributed by atoms with van der Waals surface area (Å²) < 4.78 is 10.7.